The Labute approximate surface area is 115 Å². The maximum absolute atomic E-state index is 5.76. The molecule has 0 spiro atoms. The molecule has 19 heavy (non-hydrogen) atoms. The van der Waals surface area contributed by atoms with Crippen molar-refractivity contribution in [3.63, 3.8) is 0 Å². The molecule has 0 fully saturated rings. The highest BCUT2D eigenvalue weighted by Gasteiger charge is 2.12. The van der Waals surface area contributed by atoms with Crippen LogP contribution in [0.1, 0.15) is 50.4 Å². The minimum atomic E-state index is 0.323. The molecule has 3 nitrogen and oxygen atoms in total. The quantitative estimate of drug-likeness (QED) is 0.859. The van der Waals surface area contributed by atoms with Crippen LogP contribution in [0.15, 0.2) is 30.5 Å². The standard InChI is InChI=1S/C16H23N3/c1-4-12(9-17)16-18-10-15(19-16)14-7-5-13(6-8-14)11(2)3/h5-8,10-12H,4,9,17H2,1-3H3,(H,18,19). The van der Waals surface area contributed by atoms with Gasteiger partial charge in [0, 0.05) is 12.5 Å². The highest BCUT2D eigenvalue weighted by molar-refractivity contribution is 5.59. The zero-order valence-electron chi connectivity index (χ0n) is 12.0. The topological polar surface area (TPSA) is 54.7 Å². The zero-order chi connectivity index (χ0) is 13.8. The maximum Gasteiger partial charge on any atom is 0.110 e. The van der Waals surface area contributed by atoms with Crippen molar-refractivity contribution in [2.24, 2.45) is 5.73 Å². The van der Waals surface area contributed by atoms with Crippen molar-refractivity contribution in [3.05, 3.63) is 41.9 Å². The summed E-state index contributed by atoms with van der Waals surface area (Å²) in [5.41, 5.74) is 9.36. The molecule has 2 rings (SSSR count). The molecule has 1 heterocycles. The van der Waals surface area contributed by atoms with Crippen molar-refractivity contribution in [1.82, 2.24) is 9.97 Å². The van der Waals surface area contributed by atoms with E-state index in [2.05, 4.69) is 55.0 Å². The van der Waals surface area contributed by atoms with Crippen molar-refractivity contribution in [2.75, 3.05) is 6.54 Å². The third-order valence-corrected chi connectivity index (χ3v) is 3.65. The molecule has 2 aromatic rings. The smallest absolute Gasteiger partial charge is 0.110 e. The second kappa shape index (κ2) is 6.02. The number of nitrogens with two attached hydrogens (primary N) is 1. The van der Waals surface area contributed by atoms with Crippen LogP contribution in [0, 0.1) is 0 Å². The predicted octanol–water partition coefficient (Wildman–Crippen LogP) is 3.65. The van der Waals surface area contributed by atoms with Gasteiger partial charge >= 0.3 is 0 Å². The Bertz CT molecular complexity index is 507. The van der Waals surface area contributed by atoms with Gasteiger partial charge in [-0.05, 0) is 23.5 Å². The molecule has 3 N–H and O–H groups in total. The molecule has 1 aromatic heterocycles. The molecular formula is C16H23N3. The minimum Gasteiger partial charge on any atom is -0.342 e. The second-order valence-corrected chi connectivity index (χ2v) is 5.30. The Balaban J connectivity index is 2.22. The Morgan fingerprint density at radius 1 is 1.21 bits per heavy atom. The highest BCUT2D eigenvalue weighted by atomic mass is 14.9. The molecule has 0 aliphatic rings. The van der Waals surface area contributed by atoms with Crippen molar-refractivity contribution in [3.8, 4) is 11.3 Å². The molecule has 102 valence electrons. The van der Waals surface area contributed by atoms with E-state index in [9.17, 15) is 0 Å². The summed E-state index contributed by atoms with van der Waals surface area (Å²) in [4.78, 5) is 7.85. The first-order valence-corrected chi connectivity index (χ1v) is 7.01. The number of benzene rings is 1. The summed E-state index contributed by atoms with van der Waals surface area (Å²) in [6, 6.07) is 8.66. The number of rotatable bonds is 5. The third kappa shape index (κ3) is 3.04. The first kappa shape index (κ1) is 13.8. The highest BCUT2D eigenvalue weighted by Crippen LogP contribution is 2.23. The largest absolute Gasteiger partial charge is 0.342 e. The Morgan fingerprint density at radius 2 is 1.89 bits per heavy atom. The van der Waals surface area contributed by atoms with Gasteiger partial charge in [0.15, 0.2) is 0 Å². The van der Waals surface area contributed by atoms with E-state index in [1.54, 1.807) is 0 Å². The van der Waals surface area contributed by atoms with E-state index in [0.717, 1.165) is 17.9 Å². The molecule has 0 aliphatic heterocycles. The van der Waals surface area contributed by atoms with Gasteiger partial charge in [0.2, 0.25) is 0 Å². The summed E-state index contributed by atoms with van der Waals surface area (Å²) in [6.45, 7) is 7.18. The van der Waals surface area contributed by atoms with Crippen molar-refractivity contribution >= 4 is 0 Å². The zero-order valence-corrected chi connectivity index (χ0v) is 12.0. The molecule has 0 bridgehead atoms. The molecular weight excluding hydrogens is 234 g/mol. The van der Waals surface area contributed by atoms with E-state index in [-0.39, 0.29) is 0 Å². The lowest BCUT2D eigenvalue weighted by atomic mass is 10.0. The van der Waals surface area contributed by atoms with Crippen LogP contribution < -0.4 is 5.73 Å². The van der Waals surface area contributed by atoms with Crippen molar-refractivity contribution in [2.45, 2.75) is 39.0 Å². The van der Waals surface area contributed by atoms with Gasteiger partial charge in [0.05, 0.1) is 11.9 Å². The molecule has 3 heteroatoms. The van der Waals surface area contributed by atoms with Crippen LogP contribution in [-0.2, 0) is 0 Å². The van der Waals surface area contributed by atoms with E-state index in [1.165, 1.54) is 11.1 Å². The van der Waals surface area contributed by atoms with Gasteiger partial charge in [-0.15, -0.1) is 0 Å². The van der Waals surface area contributed by atoms with E-state index in [1.807, 2.05) is 6.20 Å². The molecule has 0 amide bonds. The van der Waals surface area contributed by atoms with Crippen LogP contribution in [-0.4, -0.2) is 16.5 Å². The predicted molar refractivity (Wildman–Crippen MR) is 80.2 cm³/mol. The number of aromatic nitrogens is 2. The van der Waals surface area contributed by atoms with Gasteiger partial charge in [-0.25, -0.2) is 4.98 Å². The number of nitrogens with one attached hydrogen (secondary N) is 1. The number of hydrogen-bond donors (Lipinski definition) is 2. The fraction of sp³-hybridized carbons (Fsp3) is 0.438. The molecule has 0 saturated carbocycles. The summed E-state index contributed by atoms with van der Waals surface area (Å²) in [7, 11) is 0. The van der Waals surface area contributed by atoms with Gasteiger partial charge in [-0.2, -0.15) is 0 Å². The molecule has 0 radical (unpaired) electrons. The first-order valence-electron chi connectivity index (χ1n) is 7.01. The lowest BCUT2D eigenvalue weighted by Gasteiger charge is -2.08. The van der Waals surface area contributed by atoms with Crippen LogP contribution in [0.4, 0.5) is 0 Å². The number of imidazole rings is 1. The molecule has 1 atom stereocenters. The average Bonchev–Trinajstić information content (AvgIpc) is 2.90. The Morgan fingerprint density at radius 3 is 2.42 bits per heavy atom. The minimum absolute atomic E-state index is 0.323. The number of aromatic amines is 1. The van der Waals surface area contributed by atoms with E-state index in [4.69, 9.17) is 5.73 Å². The van der Waals surface area contributed by atoms with E-state index < -0.39 is 0 Å². The van der Waals surface area contributed by atoms with Crippen LogP contribution in [0.5, 0.6) is 0 Å². The lowest BCUT2D eigenvalue weighted by Crippen LogP contribution is -2.12. The maximum atomic E-state index is 5.76. The van der Waals surface area contributed by atoms with E-state index >= 15 is 0 Å². The fourth-order valence-electron chi connectivity index (χ4n) is 2.21. The summed E-state index contributed by atoms with van der Waals surface area (Å²) in [5, 5.41) is 0. The fourth-order valence-corrected chi connectivity index (χ4v) is 2.21. The molecule has 1 aromatic carbocycles. The Kier molecular flexibility index (Phi) is 4.38. The summed E-state index contributed by atoms with van der Waals surface area (Å²) in [6.07, 6.45) is 2.91. The molecule has 1 unspecified atom stereocenters. The van der Waals surface area contributed by atoms with Gasteiger partial charge in [0.25, 0.3) is 0 Å². The third-order valence-electron chi connectivity index (χ3n) is 3.65. The molecule has 0 saturated heterocycles. The van der Waals surface area contributed by atoms with Crippen molar-refractivity contribution in [1.29, 1.82) is 0 Å². The Hall–Kier alpha value is -1.61. The van der Waals surface area contributed by atoms with Gasteiger partial charge < -0.3 is 10.7 Å². The van der Waals surface area contributed by atoms with Crippen LogP contribution in [0.2, 0.25) is 0 Å². The summed E-state index contributed by atoms with van der Waals surface area (Å²) < 4.78 is 0. The monoisotopic (exact) mass is 257 g/mol. The van der Waals surface area contributed by atoms with Crippen LogP contribution >= 0.6 is 0 Å². The van der Waals surface area contributed by atoms with Gasteiger partial charge in [-0.3, -0.25) is 0 Å². The molecule has 0 aliphatic carbocycles. The summed E-state index contributed by atoms with van der Waals surface area (Å²) in [5.74, 6) is 1.88. The van der Waals surface area contributed by atoms with Crippen LogP contribution in [0.3, 0.4) is 0 Å². The average molecular weight is 257 g/mol. The normalized spacial score (nSPS) is 12.9. The number of nitrogens with zero attached hydrogens (tertiary/aromatic N) is 1. The van der Waals surface area contributed by atoms with Crippen LogP contribution in [0.25, 0.3) is 11.3 Å². The van der Waals surface area contributed by atoms with Crippen molar-refractivity contribution < 1.29 is 0 Å². The second-order valence-electron chi connectivity index (χ2n) is 5.30. The summed E-state index contributed by atoms with van der Waals surface area (Å²) >= 11 is 0. The van der Waals surface area contributed by atoms with Gasteiger partial charge in [0.1, 0.15) is 5.82 Å². The van der Waals surface area contributed by atoms with Gasteiger partial charge in [-0.1, -0.05) is 45.0 Å². The SMILES string of the molecule is CCC(CN)c1ncc(-c2ccc(C(C)C)cc2)[nH]1. The number of hydrogen-bond acceptors (Lipinski definition) is 2. The first-order chi connectivity index (χ1) is 9.15. The lowest BCUT2D eigenvalue weighted by molar-refractivity contribution is 0.639. The van der Waals surface area contributed by atoms with E-state index in [0.29, 0.717) is 18.4 Å². The number of H-pyrrole nitrogens is 1.